The molecule has 9 nitrogen and oxygen atoms in total. The molecule has 0 aliphatic heterocycles. The predicted octanol–water partition coefficient (Wildman–Crippen LogP) is 6.37. The molecule has 39 heavy (non-hydrogen) atoms. The minimum atomic E-state index is -0.430. The lowest BCUT2D eigenvalue weighted by molar-refractivity contribution is 0.0946. The van der Waals surface area contributed by atoms with Crippen LogP contribution in [0.2, 0.25) is 15.1 Å². The van der Waals surface area contributed by atoms with Crippen molar-refractivity contribution in [2.75, 3.05) is 5.32 Å². The fourth-order valence-corrected chi connectivity index (χ4v) is 4.53. The van der Waals surface area contributed by atoms with Gasteiger partial charge < -0.3 is 15.1 Å². The van der Waals surface area contributed by atoms with E-state index in [-0.39, 0.29) is 18.1 Å². The van der Waals surface area contributed by atoms with Crippen LogP contribution in [0, 0.1) is 6.92 Å². The van der Waals surface area contributed by atoms with Crippen LogP contribution >= 0.6 is 34.8 Å². The van der Waals surface area contributed by atoms with Crippen LogP contribution in [0.4, 0.5) is 5.69 Å². The molecule has 2 aromatic heterocycles. The lowest BCUT2D eigenvalue weighted by Crippen LogP contribution is -2.23. The molecule has 0 aliphatic rings. The fourth-order valence-electron chi connectivity index (χ4n) is 3.91. The first kappa shape index (κ1) is 26.4. The standard InChI is InChI=1S/C27H19Cl3N6O3/c1-15-24(27(38)33-20-9-4-17(5-10-20)26(37)31-13-23-34-32-14-39-23)35-36(22-11-8-19(29)12-21(22)30)25(15)16-2-6-18(28)7-3-16/h2-12,14H,13H2,1H3,(H,31,37)(H,33,38). The molecule has 0 saturated heterocycles. The van der Waals surface area contributed by atoms with Crippen molar-refractivity contribution in [3.8, 4) is 16.9 Å². The number of rotatable bonds is 7. The molecule has 0 bridgehead atoms. The lowest BCUT2D eigenvalue weighted by Gasteiger charge is -2.11. The van der Waals surface area contributed by atoms with E-state index in [0.717, 1.165) is 5.56 Å². The molecule has 0 aliphatic carbocycles. The highest BCUT2D eigenvalue weighted by molar-refractivity contribution is 6.35. The molecule has 0 unspecified atom stereocenters. The predicted molar refractivity (Wildman–Crippen MR) is 149 cm³/mol. The quantitative estimate of drug-likeness (QED) is 0.231. The number of nitrogens with one attached hydrogen (secondary N) is 2. The largest absolute Gasteiger partial charge is 0.426 e. The first-order valence-corrected chi connectivity index (χ1v) is 12.7. The van der Waals surface area contributed by atoms with Gasteiger partial charge in [-0.1, -0.05) is 46.9 Å². The second kappa shape index (κ2) is 11.3. The number of carbonyl (C=O) groups excluding carboxylic acids is 2. The summed E-state index contributed by atoms with van der Waals surface area (Å²) in [5, 5.41) is 18.9. The van der Waals surface area contributed by atoms with E-state index >= 15 is 0 Å². The smallest absolute Gasteiger partial charge is 0.276 e. The number of anilines is 1. The first-order chi connectivity index (χ1) is 18.8. The number of nitrogens with zero attached hydrogens (tertiary/aromatic N) is 4. The van der Waals surface area contributed by atoms with Gasteiger partial charge in [0.2, 0.25) is 12.3 Å². The van der Waals surface area contributed by atoms with E-state index in [1.165, 1.54) is 6.39 Å². The zero-order chi connectivity index (χ0) is 27.5. The van der Waals surface area contributed by atoms with E-state index in [2.05, 4.69) is 25.9 Å². The van der Waals surface area contributed by atoms with Gasteiger partial charge in [-0.15, -0.1) is 10.2 Å². The number of amides is 2. The molecule has 12 heteroatoms. The van der Waals surface area contributed by atoms with Crippen LogP contribution in [0.5, 0.6) is 0 Å². The molecule has 0 radical (unpaired) electrons. The van der Waals surface area contributed by atoms with Crippen LogP contribution < -0.4 is 10.6 Å². The summed E-state index contributed by atoms with van der Waals surface area (Å²) < 4.78 is 6.62. The molecule has 2 N–H and O–H groups in total. The van der Waals surface area contributed by atoms with Crippen molar-refractivity contribution in [2.45, 2.75) is 13.5 Å². The molecule has 0 saturated carbocycles. The molecule has 2 heterocycles. The van der Waals surface area contributed by atoms with Crippen LogP contribution in [-0.4, -0.2) is 31.8 Å². The highest BCUT2D eigenvalue weighted by atomic mass is 35.5. The third kappa shape index (κ3) is 5.80. The highest BCUT2D eigenvalue weighted by Gasteiger charge is 2.23. The number of aromatic nitrogens is 4. The van der Waals surface area contributed by atoms with Crippen molar-refractivity contribution in [1.82, 2.24) is 25.3 Å². The Kier molecular flexibility index (Phi) is 7.65. The first-order valence-electron chi connectivity index (χ1n) is 11.6. The minimum absolute atomic E-state index is 0.104. The van der Waals surface area contributed by atoms with Crippen LogP contribution in [0.25, 0.3) is 16.9 Å². The monoisotopic (exact) mass is 580 g/mol. The maximum absolute atomic E-state index is 13.3. The second-order valence-corrected chi connectivity index (χ2v) is 9.66. The van der Waals surface area contributed by atoms with Gasteiger partial charge in [0.15, 0.2) is 5.69 Å². The van der Waals surface area contributed by atoms with Gasteiger partial charge in [-0.2, -0.15) is 5.10 Å². The van der Waals surface area contributed by atoms with E-state index in [0.29, 0.717) is 49.2 Å². The molecular formula is C27H19Cl3N6O3. The topological polar surface area (TPSA) is 115 Å². The van der Waals surface area contributed by atoms with Crippen molar-refractivity contribution in [2.24, 2.45) is 0 Å². The molecule has 3 aromatic carbocycles. The maximum Gasteiger partial charge on any atom is 0.276 e. The normalized spacial score (nSPS) is 10.9. The Bertz CT molecular complexity index is 1650. The third-order valence-electron chi connectivity index (χ3n) is 5.80. The zero-order valence-electron chi connectivity index (χ0n) is 20.3. The molecule has 2 amide bonds. The molecule has 5 rings (SSSR count). The van der Waals surface area contributed by atoms with Crippen molar-refractivity contribution in [3.05, 3.63) is 111 Å². The summed E-state index contributed by atoms with van der Waals surface area (Å²) >= 11 is 18.7. The Morgan fingerprint density at radius 3 is 2.31 bits per heavy atom. The van der Waals surface area contributed by atoms with E-state index in [1.54, 1.807) is 59.3 Å². The summed E-state index contributed by atoms with van der Waals surface area (Å²) in [6.45, 7) is 1.91. The molecule has 0 atom stereocenters. The summed E-state index contributed by atoms with van der Waals surface area (Å²) in [6.07, 6.45) is 1.19. The Labute approximate surface area is 237 Å². The van der Waals surface area contributed by atoms with Gasteiger partial charge in [-0.05, 0) is 61.5 Å². The number of carbonyl (C=O) groups is 2. The molecule has 5 aromatic rings. The molecule has 196 valence electrons. The number of hydrogen-bond acceptors (Lipinski definition) is 6. The van der Waals surface area contributed by atoms with E-state index < -0.39 is 5.91 Å². The van der Waals surface area contributed by atoms with Gasteiger partial charge in [0, 0.05) is 32.4 Å². The van der Waals surface area contributed by atoms with Crippen LogP contribution in [-0.2, 0) is 6.54 Å². The van der Waals surface area contributed by atoms with Crippen molar-refractivity contribution >= 4 is 52.3 Å². The van der Waals surface area contributed by atoms with Gasteiger partial charge >= 0.3 is 0 Å². The Hall–Kier alpha value is -4.18. The zero-order valence-corrected chi connectivity index (χ0v) is 22.6. The van der Waals surface area contributed by atoms with Gasteiger partial charge in [0.25, 0.3) is 11.8 Å². The summed E-state index contributed by atoms with van der Waals surface area (Å²) in [4.78, 5) is 25.7. The van der Waals surface area contributed by atoms with Crippen LogP contribution in [0.1, 0.15) is 32.3 Å². The van der Waals surface area contributed by atoms with E-state index in [1.807, 2.05) is 19.1 Å². The third-order valence-corrected chi connectivity index (χ3v) is 6.59. The summed E-state index contributed by atoms with van der Waals surface area (Å²) in [5.74, 6) is -0.465. The summed E-state index contributed by atoms with van der Waals surface area (Å²) in [5.41, 5.74) is 3.75. The molecule has 0 fully saturated rings. The minimum Gasteiger partial charge on any atom is -0.426 e. The van der Waals surface area contributed by atoms with Crippen LogP contribution in [0.15, 0.2) is 77.5 Å². The lowest BCUT2D eigenvalue weighted by atomic mass is 10.1. The van der Waals surface area contributed by atoms with Crippen molar-refractivity contribution in [1.29, 1.82) is 0 Å². The van der Waals surface area contributed by atoms with Crippen LogP contribution in [0.3, 0.4) is 0 Å². The fraction of sp³-hybridized carbons (Fsp3) is 0.0741. The number of halogens is 3. The average Bonchev–Trinajstić information content (AvgIpc) is 3.56. The molecular weight excluding hydrogens is 563 g/mol. The SMILES string of the molecule is Cc1c(C(=O)Nc2ccc(C(=O)NCc3nnco3)cc2)nn(-c2ccc(Cl)cc2Cl)c1-c1ccc(Cl)cc1. The summed E-state index contributed by atoms with van der Waals surface area (Å²) in [7, 11) is 0. The van der Waals surface area contributed by atoms with Gasteiger partial charge in [0.05, 0.1) is 22.9 Å². The van der Waals surface area contributed by atoms with Gasteiger partial charge in [0.1, 0.15) is 0 Å². The number of benzene rings is 3. The Morgan fingerprint density at radius 1 is 0.923 bits per heavy atom. The van der Waals surface area contributed by atoms with Gasteiger partial charge in [-0.25, -0.2) is 4.68 Å². The highest BCUT2D eigenvalue weighted by Crippen LogP contribution is 2.33. The van der Waals surface area contributed by atoms with E-state index in [9.17, 15) is 9.59 Å². The number of hydrogen-bond donors (Lipinski definition) is 2. The Balaban J connectivity index is 1.41. The molecule has 0 spiro atoms. The summed E-state index contributed by atoms with van der Waals surface area (Å²) in [6, 6.07) is 18.7. The van der Waals surface area contributed by atoms with Crippen molar-refractivity contribution in [3.63, 3.8) is 0 Å². The maximum atomic E-state index is 13.3. The van der Waals surface area contributed by atoms with Crippen molar-refractivity contribution < 1.29 is 14.0 Å². The Morgan fingerprint density at radius 2 is 1.64 bits per heavy atom. The second-order valence-electron chi connectivity index (χ2n) is 8.38. The average molecular weight is 582 g/mol. The van der Waals surface area contributed by atoms with E-state index in [4.69, 9.17) is 39.2 Å². The van der Waals surface area contributed by atoms with Gasteiger partial charge in [-0.3, -0.25) is 9.59 Å².